The number of nitrogens with one attached hydrogen (secondary N) is 1. The van der Waals surface area contributed by atoms with Crippen LogP contribution in [0.4, 0.5) is 5.69 Å². The van der Waals surface area contributed by atoms with Crippen LogP contribution >= 0.6 is 0 Å². The molecule has 5 heteroatoms. The number of methoxy groups -OCH3 is 3. The van der Waals surface area contributed by atoms with E-state index in [1.54, 1.807) is 38.5 Å². The fourth-order valence-corrected chi connectivity index (χ4v) is 1.96. The molecule has 0 aliphatic rings. The largest absolute Gasteiger partial charge is 0.497 e. The Labute approximate surface area is 135 Å². The zero-order valence-corrected chi connectivity index (χ0v) is 13.3. The predicted molar refractivity (Wildman–Crippen MR) is 90.2 cm³/mol. The molecule has 0 heterocycles. The van der Waals surface area contributed by atoms with Crippen LogP contribution in [-0.4, -0.2) is 27.2 Å². The monoisotopic (exact) mass is 313 g/mol. The first-order chi connectivity index (χ1) is 11.2. The maximum atomic E-state index is 12.0. The van der Waals surface area contributed by atoms with Crippen molar-refractivity contribution in [1.82, 2.24) is 0 Å². The van der Waals surface area contributed by atoms with Crippen molar-refractivity contribution in [3.05, 3.63) is 54.1 Å². The van der Waals surface area contributed by atoms with Gasteiger partial charge in [0.15, 0.2) is 0 Å². The van der Waals surface area contributed by atoms with Crippen LogP contribution in [0.2, 0.25) is 0 Å². The zero-order valence-electron chi connectivity index (χ0n) is 13.3. The maximum absolute atomic E-state index is 12.0. The van der Waals surface area contributed by atoms with Crippen molar-refractivity contribution in [2.45, 2.75) is 0 Å². The van der Waals surface area contributed by atoms with Crippen LogP contribution in [0.15, 0.2) is 48.5 Å². The Balaban J connectivity index is 2.05. The van der Waals surface area contributed by atoms with Crippen LogP contribution in [0.1, 0.15) is 5.56 Å². The molecule has 1 amide bonds. The van der Waals surface area contributed by atoms with Crippen molar-refractivity contribution < 1.29 is 19.0 Å². The summed E-state index contributed by atoms with van der Waals surface area (Å²) in [6.45, 7) is 0. The average Bonchev–Trinajstić information content (AvgIpc) is 2.60. The summed E-state index contributed by atoms with van der Waals surface area (Å²) in [7, 11) is 4.72. The molecule has 0 aliphatic carbocycles. The topological polar surface area (TPSA) is 56.8 Å². The molecule has 2 aromatic carbocycles. The van der Waals surface area contributed by atoms with Gasteiger partial charge in [-0.2, -0.15) is 0 Å². The van der Waals surface area contributed by atoms with Crippen molar-refractivity contribution in [2.75, 3.05) is 26.6 Å². The van der Waals surface area contributed by atoms with Gasteiger partial charge in [-0.15, -0.1) is 0 Å². The maximum Gasteiger partial charge on any atom is 0.248 e. The molecule has 0 fully saturated rings. The molecule has 0 aliphatic heterocycles. The molecule has 5 nitrogen and oxygen atoms in total. The van der Waals surface area contributed by atoms with Crippen molar-refractivity contribution in [3.63, 3.8) is 0 Å². The summed E-state index contributed by atoms with van der Waals surface area (Å²) >= 11 is 0. The fraction of sp³-hybridized carbons (Fsp3) is 0.167. The van der Waals surface area contributed by atoms with E-state index in [4.69, 9.17) is 14.2 Å². The van der Waals surface area contributed by atoms with Gasteiger partial charge >= 0.3 is 0 Å². The highest BCUT2D eigenvalue weighted by atomic mass is 16.5. The average molecular weight is 313 g/mol. The van der Waals surface area contributed by atoms with Crippen LogP contribution < -0.4 is 19.5 Å². The summed E-state index contributed by atoms with van der Waals surface area (Å²) in [5.74, 6) is 1.73. The lowest BCUT2D eigenvalue weighted by atomic mass is 10.2. The first-order valence-corrected chi connectivity index (χ1v) is 7.01. The molecule has 0 aromatic heterocycles. The summed E-state index contributed by atoms with van der Waals surface area (Å²) < 4.78 is 15.5. The van der Waals surface area contributed by atoms with Gasteiger partial charge in [0.2, 0.25) is 5.91 Å². The normalized spacial score (nSPS) is 10.4. The second-order valence-electron chi connectivity index (χ2n) is 4.66. The first kappa shape index (κ1) is 16.4. The van der Waals surface area contributed by atoms with E-state index < -0.39 is 0 Å². The fourth-order valence-electron chi connectivity index (χ4n) is 1.96. The molecule has 0 atom stereocenters. The molecule has 0 unspecified atom stereocenters. The highest BCUT2D eigenvalue weighted by molar-refractivity contribution is 6.02. The predicted octanol–water partition coefficient (Wildman–Crippen LogP) is 3.36. The summed E-state index contributed by atoms with van der Waals surface area (Å²) in [4.78, 5) is 12.0. The molecule has 2 rings (SSSR count). The highest BCUT2D eigenvalue weighted by Crippen LogP contribution is 2.29. The Bertz CT molecular complexity index is 693. The number of hydrogen-bond donors (Lipinski definition) is 1. The minimum atomic E-state index is -0.246. The van der Waals surface area contributed by atoms with E-state index in [1.165, 1.54) is 13.2 Å². The van der Waals surface area contributed by atoms with Gasteiger partial charge in [0.05, 0.1) is 27.0 Å². The van der Waals surface area contributed by atoms with Crippen LogP contribution in [0.25, 0.3) is 6.08 Å². The molecule has 2 aromatic rings. The van der Waals surface area contributed by atoms with Gasteiger partial charge in [-0.1, -0.05) is 12.1 Å². The number of carbonyl (C=O) groups is 1. The number of ether oxygens (including phenoxy) is 3. The van der Waals surface area contributed by atoms with Gasteiger partial charge in [0.1, 0.15) is 17.2 Å². The minimum Gasteiger partial charge on any atom is -0.497 e. The molecule has 1 N–H and O–H groups in total. The Morgan fingerprint density at radius 1 is 0.913 bits per heavy atom. The number of rotatable bonds is 6. The quantitative estimate of drug-likeness (QED) is 0.831. The lowest BCUT2D eigenvalue weighted by Gasteiger charge is -2.10. The van der Waals surface area contributed by atoms with E-state index in [-0.39, 0.29) is 5.91 Å². The molecular formula is C18H19NO4. The van der Waals surface area contributed by atoms with E-state index in [0.29, 0.717) is 17.2 Å². The third-order valence-electron chi connectivity index (χ3n) is 3.21. The highest BCUT2D eigenvalue weighted by Gasteiger charge is 2.07. The Kier molecular flexibility index (Phi) is 5.63. The molecule has 0 saturated carbocycles. The van der Waals surface area contributed by atoms with Crippen molar-refractivity contribution in [2.24, 2.45) is 0 Å². The summed E-state index contributed by atoms with van der Waals surface area (Å²) in [5, 5.41) is 2.77. The van der Waals surface area contributed by atoms with Crippen LogP contribution in [-0.2, 0) is 4.79 Å². The van der Waals surface area contributed by atoms with Crippen LogP contribution in [0.3, 0.4) is 0 Å². The standard InChI is InChI=1S/C18H19NO4/c1-21-14-7-4-13(5-8-14)6-11-18(20)19-16-10-9-15(22-2)12-17(16)23-3/h4-12H,1-3H3,(H,19,20). The van der Waals surface area contributed by atoms with Crippen molar-refractivity contribution in [3.8, 4) is 17.2 Å². The summed E-state index contributed by atoms with van der Waals surface area (Å²) in [5.41, 5.74) is 1.49. The molecular weight excluding hydrogens is 294 g/mol. The van der Waals surface area contributed by atoms with Gasteiger partial charge in [-0.05, 0) is 35.9 Å². The number of anilines is 1. The number of amides is 1. The molecule has 120 valence electrons. The third kappa shape index (κ3) is 4.51. The molecule has 0 radical (unpaired) electrons. The summed E-state index contributed by atoms with van der Waals surface area (Å²) in [6.07, 6.45) is 3.19. The second-order valence-corrected chi connectivity index (χ2v) is 4.66. The number of carbonyl (C=O) groups excluding carboxylic acids is 1. The van der Waals surface area contributed by atoms with Gasteiger partial charge < -0.3 is 19.5 Å². The van der Waals surface area contributed by atoms with Gasteiger partial charge in [-0.3, -0.25) is 4.79 Å². The molecule has 0 saturated heterocycles. The Hall–Kier alpha value is -2.95. The molecule has 23 heavy (non-hydrogen) atoms. The molecule has 0 bridgehead atoms. The van der Waals surface area contributed by atoms with Crippen molar-refractivity contribution >= 4 is 17.7 Å². The second kappa shape index (κ2) is 7.89. The van der Waals surface area contributed by atoms with E-state index in [0.717, 1.165) is 11.3 Å². The summed E-state index contributed by atoms with van der Waals surface area (Å²) in [6, 6.07) is 12.6. The Morgan fingerprint density at radius 2 is 1.57 bits per heavy atom. The lowest BCUT2D eigenvalue weighted by molar-refractivity contribution is -0.111. The van der Waals surface area contributed by atoms with E-state index >= 15 is 0 Å². The number of benzene rings is 2. The first-order valence-electron chi connectivity index (χ1n) is 7.01. The van der Waals surface area contributed by atoms with E-state index in [1.807, 2.05) is 24.3 Å². The minimum absolute atomic E-state index is 0.246. The van der Waals surface area contributed by atoms with Gasteiger partial charge in [0.25, 0.3) is 0 Å². The smallest absolute Gasteiger partial charge is 0.248 e. The van der Waals surface area contributed by atoms with E-state index in [2.05, 4.69) is 5.32 Å². The molecule has 0 spiro atoms. The van der Waals surface area contributed by atoms with Gasteiger partial charge in [0, 0.05) is 12.1 Å². The third-order valence-corrected chi connectivity index (χ3v) is 3.21. The van der Waals surface area contributed by atoms with Crippen LogP contribution in [0.5, 0.6) is 17.2 Å². The lowest BCUT2D eigenvalue weighted by Crippen LogP contribution is -2.08. The SMILES string of the molecule is COc1ccc(C=CC(=O)Nc2ccc(OC)cc2OC)cc1. The van der Waals surface area contributed by atoms with Crippen molar-refractivity contribution in [1.29, 1.82) is 0 Å². The zero-order chi connectivity index (χ0) is 16.7. The Morgan fingerprint density at radius 3 is 2.17 bits per heavy atom. The van der Waals surface area contributed by atoms with E-state index in [9.17, 15) is 4.79 Å². The van der Waals surface area contributed by atoms with Crippen LogP contribution in [0, 0.1) is 0 Å². The number of hydrogen-bond acceptors (Lipinski definition) is 4. The van der Waals surface area contributed by atoms with Gasteiger partial charge in [-0.25, -0.2) is 0 Å².